The number of hydrogen-bond donors (Lipinski definition) is 0. The molecule has 0 N–H and O–H groups in total. The average Bonchev–Trinajstić information content (AvgIpc) is 3.80. The molecule has 1 aromatic carbocycles. The van der Waals surface area contributed by atoms with Crippen molar-refractivity contribution >= 4 is 17.7 Å². The molecule has 0 saturated heterocycles. The van der Waals surface area contributed by atoms with Crippen LogP contribution in [-0.2, 0) is 14.3 Å². The van der Waals surface area contributed by atoms with Gasteiger partial charge in [0.15, 0.2) is 0 Å². The number of aryl methyl sites for hydroxylation is 1. The lowest BCUT2D eigenvalue weighted by Gasteiger charge is -2.36. The van der Waals surface area contributed by atoms with Crippen molar-refractivity contribution in [3.8, 4) is 16.9 Å². The molecule has 9 heteroatoms. The second-order valence-corrected chi connectivity index (χ2v) is 13.0. The molecule has 240 valence electrons. The van der Waals surface area contributed by atoms with E-state index < -0.39 is 6.16 Å². The highest BCUT2D eigenvalue weighted by Gasteiger charge is 2.34. The molecule has 3 aliphatic rings. The van der Waals surface area contributed by atoms with Crippen LogP contribution < -0.4 is 9.64 Å². The largest absolute Gasteiger partial charge is 0.508 e. The van der Waals surface area contributed by atoms with Gasteiger partial charge < -0.3 is 19.1 Å². The van der Waals surface area contributed by atoms with E-state index in [1.54, 1.807) is 14.0 Å². The number of benzene rings is 1. The Morgan fingerprint density at radius 2 is 1.73 bits per heavy atom. The predicted octanol–water partition coefficient (Wildman–Crippen LogP) is 7.64. The van der Waals surface area contributed by atoms with E-state index >= 15 is 0 Å². The molecule has 2 aromatic heterocycles. The van der Waals surface area contributed by atoms with Crippen LogP contribution in [0.4, 0.5) is 10.5 Å². The first-order valence-electron chi connectivity index (χ1n) is 16.7. The molecular weight excluding hydrogens is 568 g/mol. The minimum Gasteiger partial charge on any atom is -0.495 e. The smallest absolute Gasteiger partial charge is 0.495 e. The Labute approximate surface area is 266 Å². The second kappa shape index (κ2) is 14.0. The predicted molar refractivity (Wildman–Crippen MR) is 172 cm³/mol. The molecule has 3 fully saturated rings. The van der Waals surface area contributed by atoms with Gasteiger partial charge in [0.25, 0.3) is 0 Å². The lowest BCUT2D eigenvalue weighted by atomic mass is 9.79. The number of pyridine rings is 1. The van der Waals surface area contributed by atoms with Crippen molar-refractivity contribution in [1.29, 1.82) is 0 Å². The minimum atomic E-state index is -0.619. The number of nitrogens with zero attached hydrogens (tertiary/aromatic N) is 4. The molecule has 3 aromatic rings. The summed E-state index contributed by atoms with van der Waals surface area (Å²) in [7, 11) is 1.68. The molecular formula is C36H46N4O5. The van der Waals surface area contributed by atoms with Crippen LogP contribution in [0.1, 0.15) is 94.5 Å². The van der Waals surface area contributed by atoms with Gasteiger partial charge in [-0.15, -0.1) is 0 Å². The van der Waals surface area contributed by atoms with Crippen molar-refractivity contribution in [1.82, 2.24) is 14.8 Å². The number of carbonyl (C=O) groups is 2. The van der Waals surface area contributed by atoms with E-state index in [1.807, 2.05) is 24.1 Å². The topological polar surface area (TPSA) is 95.8 Å². The third-order valence-corrected chi connectivity index (χ3v) is 9.81. The summed E-state index contributed by atoms with van der Waals surface area (Å²) in [4.78, 5) is 33.0. The SMILES string of the molecule is CCOC(=O)OC1CCC(C(=O)N(CC2CCC(c3ccc(OC)c(C)n3)CC2)c2cccc(-c3cnn(C4CC4)c3)c2)CC1. The van der Waals surface area contributed by atoms with Gasteiger partial charge in [0, 0.05) is 41.5 Å². The van der Waals surface area contributed by atoms with E-state index in [0.29, 0.717) is 56.7 Å². The number of aromatic nitrogens is 3. The molecule has 45 heavy (non-hydrogen) atoms. The monoisotopic (exact) mass is 614 g/mol. The Morgan fingerprint density at radius 1 is 0.956 bits per heavy atom. The molecule has 2 heterocycles. The fourth-order valence-corrected chi connectivity index (χ4v) is 7.05. The summed E-state index contributed by atoms with van der Waals surface area (Å²) in [5.41, 5.74) is 5.17. The van der Waals surface area contributed by atoms with E-state index in [4.69, 9.17) is 19.2 Å². The van der Waals surface area contributed by atoms with E-state index in [2.05, 4.69) is 46.3 Å². The number of anilines is 1. The molecule has 0 radical (unpaired) electrons. The van der Waals surface area contributed by atoms with Crippen molar-refractivity contribution in [2.75, 3.05) is 25.2 Å². The molecule has 0 atom stereocenters. The fourth-order valence-electron chi connectivity index (χ4n) is 7.05. The summed E-state index contributed by atoms with van der Waals surface area (Å²) < 4.78 is 17.9. The molecule has 3 saturated carbocycles. The lowest BCUT2D eigenvalue weighted by Crippen LogP contribution is -2.42. The van der Waals surface area contributed by atoms with E-state index in [9.17, 15) is 9.59 Å². The van der Waals surface area contributed by atoms with Crippen LogP contribution in [-0.4, -0.2) is 53.2 Å². The molecule has 0 aliphatic heterocycles. The van der Waals surface area contributed by atoms with Gasteiger partial charge in [0.05, 0.1) is 31.6 Å². The van der Waals surface area contributed by atoms with Crippen molar-refractivity contribution in [2.45, 2.75) is 96.1 Å². The molecule has 6 rings (SSSR count). The quantitative estimate of drug-likeness (QED) is 0.217. The Bertz CT molecular complexity index is 1470. The number of hydrogen-bond acceptors (Lipinski definition) is 7. The third-order valence-electron chi connectivity index (χ3n) is 9.81. The van der Waals surface area contributed by atoms with Gasteiger partial charge >= 0.3 is 6.16 Å². The normalized spacial score (nSPS) is 23.3. The molecule has 0 bridgehead atoms. The molecule has 9 nitrogen and oxygen atoms in total. The average molecular weight is 615 g/mol. The Hall–Kier alpha value is -3.88. The van der Waals surface area contributed by atoms with Gasteiger partial charge in [0.1, 0.15) is 11.9 Å². The Balaban J connectivity index is 1.16. The van der Waals surface area contributed by atoms with Crippen LogP contribution >= 0.6 is 0 Å². The van der Waals surface area contributed by atoms with E-state index in [1.165, 1.54) is 12.8 Å². The zero-order valence-electron chi connectivity index (χ0n) is 26.8. The Kier molecular flexibility index (Phi) is 9.71. The van der Waals surface area contributed by atoms with Gasteiger partial charge in [0.2, 0.25) is 5.91 Å². The maximum absolute atomic E-state index is 14.3. The summed E-state index contributed by atoms with van der Waals surface area (Å²) >= 11 is 0. The summed E-state index contributed by atoms with van der Waals surface area (Å²) in [5.74, 6) is 1.73. The van der Waals surface area contributed by atoms with Crippen molar-refractivity contribution in [3.05, 3.63) is 60.2 Å². The van der Waals surface area contributed by atoms with Gasteiger partial charge in [-0.3, -0.25) is 14.5 Å². The number of carbonyl (C=O) groups excluding carboxylic acids is 2. The van der Waals surface area contributed by atoms with Crippen LogP contribution in [0.2, 0.25) is 0 Å². The van der Waals surface area contributed by atoms with E-state index in [0.717, 1.165) is 59.6 Å². The third kappa shape index (κ3) is 7.51. The number of rotatable bonds is 10. The Morgan fingerprint density at radius 3 is 2.42 bits per heavy atom. The number of methoxy groups -OCH3 is 1. The standard InChI is InChI=1S/C36H46N4O5/c1-4-44-36(42)45-32-16-12-27(13-17-32)35(41)39(31-7-5-6-28(20-31)29-21-37-40(23-29)30-14-15-30)22-25-8-10-26(11-9-25)33-18-19-34(43-3)24(2)38-33/h5-7,18-21,23,25-27,30,32H,4,8-17,22H2,1-3H3. The van der Waals surface area contributed by atoms with Crippen LogP contribution in [0, 0.1) is 18.8 Å². The van der Waals surface area contributed by atoms with Gasteiger partial charge in [-0.2, -0.15) is 5.10 Å². The van der Waals surface area contributed by atoms with Gasteiger partial charge in [-0.25, -0.2) is 4.79 Å². The van der Waals surface area contributed by atoms with Crippen LogP contribution in [0.5, 0.6) is 5.75 Å². The zero-order valence-corrected chi connectivity index (χ0v) is 26.8. The van der Waals surface area contributed by atoms with Crippen molar-refractivity contribution in [2.24, 2.45) is 11.8 Å². The molecule has 0 spiro atoms. The van der Waals surface area contributed by atoms with Crippen molar-refractivity contribution < 1.29 is 23.8 Å². The highest BCUT2D eigenvalue weighted by molar-refractivity contribution is 5.95. The minimum absolute atomic E-state index is 0.101. The van der Waals surface area contributed by atoms with Crippen LogP contribution in [0.3, 0.4) is 0 Å². The molecule has 0 unspecified atom stereocenters. The fraction of sp³-hybridized carbons (Fsp3) is 0.556. The first kappa shape index (κ1) is 31.1. The highest BCUT2D eigenvalue weighted by atomic mass is 16.7. The number of amides is 1. The van der Waals surface area contributed by atoms with Gasteiger partial charge in [-0.1, -0.05) is 12.1 Å². The van der Waals surface area contributed by atoms with E-state index in [-0.39, 0.29) is 17.9 Å². The first-order chi connectivity index (χ1) is 21.9. The number of ether oxygens (including phenoxy) is 3. The van der Waals surface area contributed by atoms with Crippen molar-refractivity contribution in [3.63, 3.8) is 0 Å². The summed E-state index contributed by atoms with van der Waals surface area (Å²) in [6, 6.07) is 13.0. The zero-order chi connectivity index (χ0) is 31.3. The summed E-state index contributed by atoms with van der Waals surface area (Å²) in [5, 5.41) is 4.60. The maximum atomic E-state index is 14.3. The second-order valence-electron chi connectivity index (χ2n) is 13.0. The maximum Gasteiger partial charge on any atom is 0.508 e. The lowest BCUT2D eigenvalue weighted by molar-refractivity contribution is -0.124. The van der Waals surface area contributed by atoms with Gasteiger partial charge in [-0.05, 0) is 114 Å². The van der Waals surface area contributed by atoms with Crippen LogP contribution in [0.15, 0.2) is 48.8 Å². The van der Waals surface area contributed by atoms with Crippen LogP contribution in [0.25, 0.3) is 11.1 Å². The molecule has 3 aliphatic carbocycles. The highest BCUT2D eigenvalue weighted by Crippen LogP contribution is 2.39. The summed E-state index contributed by atoms with van der Waals surface area (Å²) in [6.07, 6.45) is 12.6. The molecule has 1 amide bonds. The summed E-state index contributed by atoms with van der Waals surface area (Å²) in [6.45, 7) is 4.76. The first-order valence-corrected chi connectivity index (χ1v) is 16.7.